The zero-order chi connectivity index (χ0) is 15.3. The van der Waals surface area contributed by atoms with Crippen LogP contribution < -0.4 is 10.0 Å². The maximum Gasteiger partial charge on any atom is 0.244 e. The fraction of sp³-hybridized carbons (Fsp3) is 0.692. The molecule has 1 heterocycles. The van der Waals surface area contributed by atoms with Gasteiger partial charge in [-0.2, -0.15) is 0 Å². The second-order valence-electron chi connectivity index (χ2n) is 4.86. The van der Waals surface area contributed by atoms with Crippen molar-refractivity contribution in [2.24, 2.45) is 0 Å². The number of hydrogen-bond acceptors (Lipinski definition) is 5. The van der Waals surface area contributed by atoms with Crippen LogP contribution in [0.25, 0.3) is 0 Å². The highest BCUT2D eigenvalue weighted by molar-refractivity contribution is 7.89. The van der Waals surface area contributed by atoms with Crippen molar-refractivity contribution in [1.29, 1.82) is 0 Å². The Morgan fingerprint density at radius 2 is 1.95 bits per heavy atom. The van der Waals surface area contributed by atoms with Crippen LogP contribution in [-0.4, -0.2) is 35.2 Å². The van der Waals surface area contributed by atoms with Crippen molar-refractivity contribution in [2.75, 3.05) is 20.8 Å². The van der Waals surface area contributed by atoms with E-state index in [0.717, 1.165) is 0 Å². The number of rotatable bonds is 8. The summed E-state index contributed by atoms with van der Waals surface area (Å²) in [6.45, 7) is 6.21. The van der Waals surface area contributed by atoms with Gasteiger partial charge in [-0.3, -0.25) is 0 Å². The third-order valence-corrected chi connectivity index (χ3v) is 4.84. The van der Waals surface area contributed by atoms with Gasteiger partial charge in [-0.15, -0.1) is 0 Å². The molecule has 6 nitrogen and oxygen atoms in total. The molecule has 0 aliphatic carbocycles. The highest BCUT2D eigenvalue weighted by atomic mass is 32.2. The summed E-state index contributed by atoms with van der Waals surface area (Å²) in [5.41, 5.74) is 0.677. The van der Waals surface area contributed by atoms with Gasteiger partial charge < -0.3 is 14.5 Å². The average molecular weight is 304 g/mol. The van der Waals surface area contributed by atoms with Gasteiger partial charge >= 0.3 is 0 Å². The fourth-order valence-corrected chi connectivity index (χ4v) is 3.85. The maximum absolute atomic E-state index is 12.5. The molecule has 0 saturated carbocycles. The Bertz CT molecular complexity index is 537. The molecule has 1 aromatic rings. The van der Waals surface area contributed by atoms with Gasteiger partial charge in [0.2, 0.25) is 10.0 Å². The molecular weight excluding hydrogens is 280 g/mol. The van der Waals surface area contributed by atoms with E-state index in [-0.39, 0.29) is 10.9 Å². The van der Waals surface area contributed by atoms with Gasteiger partial charge in [-0.1, -0.05) is 0 Å². The predicted octanol–water partition coefficient (Wildman–Crippen LogP) is 1.32. The van der Waals surface area contributed by atoms with E-state index in [9.17, 15) is 8.42 Å². The smallest absolute Gasteiger partial charge is 0.244 e. The minimum Gasteiger partial charge on any atom is -0.465 e. The molecule has 1 aromatic heterocycles. The van der Waals surface area contributed by atoms with Crippen LogP contribution in [0.2, 0.25) is 0 Å². The van der Waals surface area contributed by atoms with Gasteiger partial charge in [0.15, 0.2) is 0 Å². The molecule has 7 heteroatoms. The summed E-state index contributed by atoms with van der Waals surface area (Å²) in [7, 11) is -0.228. The average Bonchev–Trinajstić information content (AvgIpc) is 2.62. The molecule has 0 saturated heterocycles. The van der Waals surface area contributed by atoms with Crippen molar-refractivity contribution in [3.05, 3.63) is 17.1 Å². The fourth-order valence-electron chi connectivity index (χ4n) is 2.12. The maximum atomic E-state index is 12.5. The van der Waals surface area contributed by atoms with Gasteiger partial charge in [0.1, 0.15) is 16.4 Å². The first-order valence-electron chi connectivity index (χ1n) is 6.58. The number of methoxy groups -OCH3 is 1. The lowest BCUT2D eigenvalue weighted by molar-refractivity contribution is 0.188. The van der Waals surface area contributed by atoms with Crippen LogP contribution >= 0.6 is 0 Å². The standard InChI is InChI=1S/C13H24N2O4S/c1-9(6-7-18-5)15-20(16,17)13-11(3)19-10(2)12(13)8-14-4/h9,14-15H,6-8H2,1-5H3. The quantitative estimate of drug-likeness (QED) is 0.757. The second kappa shape index (κ2) is 7.21. The summed E-state index contributed by atoms with van der Waals surface area (Å²) in [4.78, 5) is 0.244. The monoisotopic (exact) mass is 304 g/mol. The van der Waals surface area contributed by atoms with Crippen LogP contribution in [0.1, 0.15) is 30.4 Å². The molecule has 0 amide bonds. The van der Waals surface area contributed by atoms with Crippen molar-refractivity contribution in [1.82, 2.24) is 10.0 Å². The van der Waals surface area contributed by atoms with Crippen molar-refractivity contribution in [3.8, 4) is 0 Å². The summed E-state index contributed by atoms with van der Waals surface area (Å²) < 4.78 is 38.1. The van der Waals surface area contributed by atoms with Gasteiger partial charge in [0.25, 0.3) is 0 Å². The van der Waals surface area contributed by atoms with E-state index in [1.165, 1.54) is 0 Å². The molecule has 1 atom stereocenters. The van der Waals surface area contributed by atoms with E-state index in [0.29, 0.717) is 36.7 Å². The lowest BCUT2D eigenvalue weighted by Crippen LogP contribution is -2.34. The normalized spacial score (nSPS) is 13.7. The molecule has 1 unspecified atom stereocenters. The van der Waals surface area contributed by atoms with E-state index in [2.05, 4.69) is 10.0 Å². The van der Waals surface area contributed by atoms with E-state index in [1.54, 1.807) is 28.0 Å². The number of sulfonamides is 1. The van der Waals surface area contributed by atoms with Crippen molar-refractivity contribution in [2.45, 2.75) is 44.7 Å². The Hall–Kier alpha value is -0.890. The Morgan fingerprint density at radius 1 is 1.30 bits per heavy atom. The van der Waals surface area contributed by atoms with Gasteiger partial charge in [-0.25, -0.2) is 13.1 Å². The summed E-state index contributed by atoms with van der Waals surface area (Å²) in [6.07, 6.45) is 0.618. The third kappa shape index (κ3) is 4.05. The van der Waals surface area contributed by atoms with Crippen molar-refractivity contribution in [3.63, 3.8) is 0 Å². The van der Waals surface area contributed by atoms with Gasteiger partial charge in [0.05, 0.1) is 0 Å². The Labute approximate surface area is 120 Å². The van der Waals surface area contributed by atoms with Crippen molar-refractivity contribution < 1.29 is 17.6 Å². The van der Waals surface area contributed by atoms with Crippen LogP contribution in [-0.2, 0) is 21.3 Å². The minimum absolute atomic E-state index is 0.197. The first-order chi connectivity index (χ1) is 9.33. The molecule has 0 bridgehead atoms. The molecule has 0 radical (unpaired) electrons. The molecular formula is C13H24N2O4S. The summed E-state index contributed by atoms with van der Waals surface area (Å²) in [6, 6.07) is -0.197. The Balaban J connectivity index is 3.03. The summed E-state index contributed by atoms with van der Waals surface area (Å²) in [5, 5.41) is 2.97. The molecule has 20 heavy (non-hydrogen) atoms. The SMILES string of the molecule is CNCc1c(C)oc(C)c1S(=O)(=O)NC(C)CCOC. The zero-order valence-corrected chi connectivity index (χ0v) is 13.6. The first kappa shape index (κ1) is 17.2. The van der Waals surface area contributed by atoms with Crippen LogP contribution in [0.4, 0.5) is 0 Å². The Kier molecular flexibility index (Phi) is 6.19. The van der Waals surface area contributed by atoms with Crippen LogP contribution in [0.3, 0.4) is 0 Å². The lowest BCUT2D eigenvalue weighted by atomic mass is 10.2. The molecule has 0 spiro atoms. The Morgan fingerprint density at radius 3 is 2.50 bits per heavy atom. The lowest BCUT2D eigenvalue weighted by Gasteiger charge is -2.14. The first-order valence-corrected chi connectivity index (χ1v) is 8.06. The highest BCUT2D eigenvalue weighted by Gasteiger charge is 2.27. The molecule has 0 aromatic carbocycles. The van der Waals surface area contributed by atoms with Crippen LogP contribution in [0.15, 0.2) is 9.31 Å². The third-order valence-electron chi connectivity index (χ3n) is 3.06. The number of aryl methyl sites for hydroxylation is 2. The minimum atomic E-state index is -3.59. The number of nitrogens with one attached hydrogen (secondary N) is 2. The topological polar surface area (TPSA) is 80.6 Å². The van der Waals surface area contributed by atoms with E-state index in [1.807, 2.05) is 6.92 Å². The highest BCUT2D eigenvalue weighted by Crippen LogP contribution is 2.26. The van der Waals surface area contributed by atoms with Crippen LogP contribution in [0, 0.1) is 13.8 Å². The molecule has 116 valence electrons. The molecule has 0 aliphatic heterocycles. The molecule has 0 fully saturated rings. The summed E-state index contributed by atoms with van der Waals surface area (Å²) in [5.74, 6) is 1.04. The largest absolute Gasteiger partial charge is 0.465 e. The second-order valence-corrected chi connectivity index (χ2v) is 6.51. The van der Waals surface area contributed by atoms with E-state index < -0.39 is 10.0 Å². The van der Waals surface area contributed by atoms with E-state index >= 15 is 0 Å². The van der Waals surface area contributed by atoms with Crippen LogP contribution in [0.5, 0.6) is 0 Å². The summed E-state index contributed by atoms with van der Waals surface area (Å²) >= 11 is 0. The molecule has 1 rings (SSSR count). The van der Waals surface area contributed by atoms with Crippen molar-refractivity contribution >= 4 is 10.0 Å². The number of hydrogen-bond donors (Lipinski definition) is 2. The molecule has 2 N–H and O–H groups in total. The number of ether oxygens (including phenoxy) is 1. The predicted molar refractivity (Wildman–Crippen MR) is 77.2 cm³/mol. The van der Waals surface area contributed by atoms with Gasteiger partial charge in [-0.05, 0) is 34.2 Å². The zero-order valence-electron chi connectivity index (χ0n) is 12.7. The number of furan rings is 1. The van der Waals surface area contributed by atoms with E-state index in [4.69, 9.17) is 9.15 Å². The molecule has 0 aliphatic rings. The van der Waals surface area contributed by atoms with Gasteiger partial charge in [0, 0.05) is 31.9 Å².